The highest BCUT2D eigenvalue weighted by molar-refractivity contribution is 5.75. The molecule has 1 atom stereocenters. The van der Waals surface area contributed by atoms with E-state index in [4.69, 9.17) is 0 Å². The number of allylic oxidation sites excluding steroid dienone is 1. The summed E-state index contributed by atoms with van der Waals surface area (Å²) in [5, 5.41) is 3.15. The van der Waals surface area contributed by atoms with Gasteiger partial charge in [0, 0.05) is 19.6 Å². The zero-order valence-electron chi connectivity index (χ0n) is 16.3. The van der Waals surface area contributed by atoms with Crippen molar-refractivity contribution in [2.24, 2.45) is 0 Å². The van der Waals surface area contributed by atoms with Crippen LogP contribution in [0.3, 0.4) is 0 Å². The van der Waals surface area contributed by atoms with Gasteiger partial charge in [-0.3, -0.25) is 0 Å². The molecule has 142 valence electrons. The molecule has 2 aliphatic rings. The predicted molar refractivity (Wildman–Crippen MR) is 107 cm³/mol. The summed E-state index contributed by atoms with van der Waals surface area (Å²) in [6, 6.07) is 9.10. The minimum absolute atomic E-state index is 0.0984. The summed E-state index contributed by atoms with van der Waals surface area (Å²) >= 11 is 0. The van der Waals surface area contributed by atoms with Gasteiger partial charge in [-0.05, 0) is 70.2 Å². The van der Waals surface area contributed by atoms with Crippen molar-refractivity contribution in [3.05, 3.63) is 47.0 Å². The number of carbonyl (C=O) groups is 1. The number of nitrogens with one attached hydrogen (secondary N) is 1. The lowest BCUT2D eigenvalue weighted by molar-refractivity contribution is 0.193. The Labute approximate surface area is 158 Å². The lowest BCUT2D eigenvalue weighted by Crippen LogP contribution is -2.40. The van der Waals surface area contributed by atoms with Crippen molar-refractivity contribution in [2.75, 3.05) is 27.2 Å². The molecular formula is C22H33N3O. The molecule has 0 unspecified atom stereocenters. The first kappa shape index (κ1) is 19.0. The van der Waals surface area contributed by atoms with Gasteiger partial charge in [0.1, 0.15) is 0 Å². The van der Waals surface area contributed by atoms with Crippen LogP contribution < -0.4 is 5.32 Å². The number of amides is 2. The maximum absolute atomic E-state index is 12.7. The Bertz CT molecular complexity index is 621. The largest absolute Gasteiger partial charge is 0.338 e. The van der Waals surface area contributed by atoms with E-state index in [9.17, 15) is 4.79 Å². The molecule has 4 nitrogen and oxygen atoms in total. The molecule has 2 amide bonds. The number of benzene rings is 1. The van der Waals surface area contributed by atoms with Crippen LogP contribution in [0.25, 0.3) is 0 Å². The van der Waals surface area contributed by atoms with Crippen molar-refractivity contribution in [3.8, 4) is 0 Å². The van der Waals surface area contributed by atoms with Gasteiger partial charge in [-0.1, -0.05) is 35.9 Å². The SMILES string of the molecule is CN(C)Cc1ccc([C@@H]2CCCN2C(=O)NCCC2=CCCCC2)cc1. The fraction of sp³-hybridized carbons (Fsp3) is 0.591. The van der Waals surface area contributed by atoms with Gasteiger partial charge < -0.3 is 15.1 Å². The first-order valence-corrected chi connectivity index (χ1v) is 10.1. The van der Waals surface area contributed by atoms with Crippen LogP contribution in [0.15, 0.2) is 35.9 Å². The molecule has 26 heavy (non-hydrogen) atoms. The van der Waals surface area contributed by atoms with E-state index in [-0.39, 0.29) is 12.1 Å². The quantitative estimate of drug-likeness (QED) is 0.764. The van der Waals surface area contributed by atoms with Gasteiger partial charge in [0.25, 0.3) is 0 Å². The molecular weight excluding hydrogens is 322 g/mol. The van der Waals surface area contributed by atoms with Crippen LogP contribution in [0.4, 0.5) is 4.79 Å². The van der Waals surface area contributed by atoms with Gasteiger partial charge in [-0.15, -0.1) is 0 Å². The average Bonchev–Trinajstić information content (AvgIpc) is 3.12. The summed E-state index contributed by atoms with van der Waals surface area (Å²) in [7, 11) is 4.17. The van der Waals surface area contributed by atoms with Gasteiger partial charge in [0.15, 0.2) is 0 Å². The van der Waals surface area contributed by atoms with E-state index < -0.39 is 0 Å². The molecule has 4 heteroatoms. The second-order valence-corrected chi connectivity index (χ2v) is 7.92. The maximum Gasteiger partial charge on any atom is 0.317 e. The summed E-state index contributed by atoms with van der Waals surface area (Å²) in [6.07, 6.45) is 10.6. The molecule has 1 aromatic rings. The molecule has 3 rings (SSSR count). The van der Waals surface area contributed by atoms with E-state index in [1.54, 1.807) is 0 Å². The van der Waals surface area contributed by atoms with Crippen LogP contribution in [-0.2, 0) is 6.54 Å². The van der Waals surface area contributed by atoms with Gasteiger partial charge in [-0.2, -0.15) is 0 Å². The van der Waals surface area contributed by atoms with Crippen LogP contribution in [0.5, 0.6) is 0 Å². The van der Waals surface area contributed by atoms with Crippen LogP contribution in [0, 0.1) is 0 Å². The zero-order valence-corrected chi connectivity index (χ0v) is 16.3. The molecule has 1 N–H and O–H groups in total. The average molecular weight is 356 g/mol. The topological polar surface area (TPSA) is 35.6 Å². The Balaban J connectivity index is 1.53. The van der Waals surface area contributed by atoms with E-state index in [2.05, 4.69) is 54.7 Å². The second kappa shape index (κ2) is 9.22. The number of likely N-dealkylation sites (tertiary alicyclic amines) is 1. The number of urea groups is 1. The van der Waals surface area contributed by atoms with Crippen molar-refractivity contribution in [3.63, 3.8) is 0 Å². The molecule has 0 radical (unpaired) electrons. The predicted octanol–water partition coefficient (Wildman–Crippen LogP) is 4.49. The summed E-state index contributed by atoms with van der Waals surface area (Å²) < 4.78 is 0. The normalized spacial score (nSPS) is 20.3. The van der Waals surface area contributed by atoms with Crippen molar-refractivity contribution < 1.29 is 4.79 Å². The highest BCUT2D eigenvalue weighted by Gasteiger charge is 2.29. The Hall–Kier alpha value is -1.81. The number of carbonyl (C=O) groups excluding carboxylic acids is 1. The minimum Gasteiger partial charge on any atom is -0.338 e. The van der Waals surface area contributed by atoms with Crippen LogP contribution in [-0.4, -0.2) is 43.0 Å². The van der Waals surface area contributed by atoms with E-state index in [1.165, 1.54) is 42.4 Å². The molecule has 0 saturated carbocycles. The van der Waals surface area contributed by atoms with Crippen LogP contribution in [0.1, 0.15) is 62.1 Å². The van der Waals surface area contributed by atoms with Gasteiger partial charge in [-0.25, -0.2) is 4.79 Å². The second-order valence-electron chi connectivity index (χ2n) is 7.92. The van der Waals surface area contributed by atoms with Crippen molar-refractivity contribution >= 4 is 6.03 Å². The monoisotopic (exact) mass is 355 g/mol. The van der Waals surface area contributed by atoms with E-state index in [1.807, 2.05) is 4.90 Å². The number of rotatable bonds is 6. The Morgan fingerprint density at radius 2 is 2.00 bits per heavy atom. The van der Waals surface area contributed by atoms with Crippen molar-refractivity contribution in [1.82, 2.24) is 15.1 Å². The molecule has 0 aromatic heterocycles. The third-order valence-electron chi connectivity index (χ3n) is 5.48. The molecule has 1 fully saturated rings. The minimum atomic E-state index is 0.0984. The molecule has 0 bridgehead atoms. The molecule has 1 aliphatic heterocycles. The number of nitrogens with zero attached hydrogens (tertiary/aromatic N) is 2. The van der Waals surface area contributed by atoms with Crippen molar-refractivity contribution in [2.45, 2.75) is 57.5 Å². The standard InChI is InChI=1S/C22H33N3O/c1-24(2)17-19-10-12-20(13-11-19)21-9-6-16-25(21)22(26)23-15-14-18-7-4-3-5-8-18/h7,10-13,21H,3-6,8-9,14-17H2,1-2H3,(H,23,26)/t21-/m0/s1. The van der Waals surface area contributed by atoms with Gasteiger partial charge >= 0.3 is 6.03 Å². The third-order valence-corrected chi connectivity index (χ3v) is 5.48. The first-order chi connectivity index (χ1) is 12.6. The highest BCUT2D eigenvalue weighted by atomic mass is 16.2. The molecule has 1 aromatic carbocycles. The lowest BCUT2D eigenvalue weighted by Gasteiger charge is -2.26. The first-order valence-electron chi connectivity index (χ1n) is 10.1. The molecule has 0 spiro atoms. The molecule has 1 saturated heterocycles. The van der Waals surface area contributed by atoms with E-state index >= 15 is 0 Å². The van der Waals surface area contributed by atoms with Crippen molar-refractivity contribution in [1.29, 1.82) is 0 Å². The van der Waals surface area contributed by atoms with Crippen LogP contribution >= 0.6 is 0 Å². The number of hydrogen-bond donors (Lipinski definition) is 1. The smallest absolute Gasteiger partial charge is 0.317 e. The maximum atomic E-state index is 12.7. The zero-order chi connectivity index (χ0) is 18.4. The summed E-state index contributed by atoms with van der Waals surface area (Å²) in [6.45, 7) is 2.57. The Morgan fingerprint density at radius 1 is 1.19 bits per heavy atom. The van der Waals surface area contributed by atoms with Gasteiger partial charge in [0.2, 0.25) is 0 Å². The number of hydrogen-bond acceptors (Lipinski definition) is 2. The summed E-state index contributed by atoms with van der Waals surface area (Å²) in [5.74, 6) is 0. The van der Waals surface area contributed by atoms with E-state index in [0.29, 0.717) is 0 Å². The summed E-state index contributed by atoms with van der Waals surface area (Å²) in [5.41, 5.74) is 4.09. The fourth-order valence-electron chi connectivity index (χ4n) is 4.13. The third kappa shape index (κ3) is 5.10. The van der Waals surface area contributed by atoms with E-state index in [0.717, 1.165) is 38.9 Å². The lowest BCUT2D eigenvalue weighted by atomic mass is 9.97. The molecule has 1 heterocycles. The molecule has 1 aliphatic carbocycles. The van der Waals surface area contributed by atoms with Crippen LogP contribution in [0.2, 0.25) is 0 Å². The fourth-order valence-corrected chi connectivity index (χ4v) is 4.13. The Morgan fingerprint density at radius 3 is 2.69 bits per heavy atom. The Kier molecular flexibility index (Phi) is 6.73. The highest BCUT2D eigenvalue weighted by Crippen LogP contribution is 2.32. The summed E-state index contributed by atoms with van der Waals surface area (Å²) in [4.78, 5) is 16.9. The van der Waals surface area contributed by atoms with Gasteiger partial charge in [0.05, 0.1) is 6.04 Å².